The summed E-state index contributed by atoms with van der Waals surface area (Å²) in [6.45, 7) is 4.25. The van der Waals surface area contributed by atoms with Gasteiger partial charge in [0.05, 0.1) is 5.75 Å². The van der Waals surface area contributed by atoms with Crippen molar-refractivity contribution < 1.29 is 8.42 Å². The summed E-state index contributed by atoms with van der Waals surface area (Å²) in [5.41, 5.74) is 0.836. The number of sulfonamides is 1. The predicted octanol–water partition coefficient (Wildman–Crippen LogP) is 0.0112. The van der Waals surface area contributed by atoms with Crippen molar-refractivity contribution in [1.82, 2.24) is 14.9 Å². The van der Waals surface area contributed by atoms with E-state index in [2.05, 4.69) is 10.6 Å². The molecule has 1 aliphatic rings. The fourth-order valence-corrected chi connectivity index (χ4v) is 3.64. The molecule has 1 saturated heterocycles. The van der Waals surface area contributed by atoms with Crippen LogP contribution in [0, 0.1) is 0 Å². The van der Waals surface area contributed by atoms with Crippen molar-refractivity contribution in [2.45, 2.75) is 5.75 Å². The first kappa shape index (κ1) is 14.5. The molecule has 0 aromatic heterocycles. The summed E-state index contributed by atoms with van der Waals surface area (Å²) in [5.74, 6) is 0.0772. The largest absolute Gasteiger partial charge is 0.314 e. The van der Waals surface area contributed by atoms with Gasteiger partial charge in [-0.1, -0.05) is 30.3 Å². The van der Waals surface area contributed by atoms with E-state index < -0.39 is 10.0 Å². The van der Waals surface area contributed by atoms with Gasteiger partial charge in [-0.3, -0.25) is 0 Å². The highest BCUT2D eigenvalue weighted by Crippen LogP contribution is 2.10. The van der Waals surface area contributed by atoms with Gasteiger partial charge < -0.3 is 10.6 Å². The van der Waals surface area contributed by atoms with Gasteiger partial charge >= 0.3 is 0 Å². The Hall–Kier alpha value is -0.950. The molecule has 1 aliphatic heterocycles. The van der Waals surface area contributed by atoms with Crippen molar-refractivity contribution in [1.29, 1.82) is 0 Å². The smallest absolute Gasteiger partial charge is 0.218 e. The molecule has 0 amide bonds. The first-order valence-electron chi connectivity index (χ1n) is 6.62. The van der Waals surface area contributed by atoms with Gasteiger partial charge in [0.15, 0.2) is 0 Å². The van der Waals surface area contributed by atoms with Crippen LogP contribution < -0.4 is 10.6 Å². The molecule has 2 rings (SSSR count). The van der Waals surface area contributed by atoms with Crippen molar-refractivity contribution in [2.24, 2.45) is 0 Å². The molecule has 5 nitrogen and oxygen atoms in total. The Bertz CT molecular complexity index is 466. The molecule has 19 heavy (non-hydrogen) atoms. The van der Waals surface area contributed by atoms with E-state index in [1.54, 1.807) is 4.31 Å². The highest BCUT2D eigenvalue weighted by molar-refractivity contribution is 7.88. The number of benzene rings is 1. The maximum absolute atomic E-state index is 12.4. The summed E-state index contributed by atoms with van der Waals surface area (Å²) in [4.78, 5) is 0. The summed E-state index contributed by atoms with van der Waals surface area (Å²) in [6.07, 6.45) is 0. The van der Waals surface area contributed by atoms with Crippen LogP contribution in [0.1, 0.15) is 5.56 Å². The highest BCUT2D eigenvalue weighted by atomic mass is 32.2. The number of hydrogen-bond acceptors (Lipinski definition) is 4. The van der Waals surface area contributed by atoms with Crippen molar-refractivity contribution in [3.05, 3.63) is 35.9 Å². The average Bonchev–Trinajstić information content (AvgIpc) is 2.53. The van der Waals surface area contributed by atoms with E-state index in [0.717, 1.165) is 18.7 Å². The molecule has 0 unspecified atom stereocenters. The van der Waals surface area contributed by atoms with Crippen molar-refractivity contribution in [3.8, 4) is 0 Å². The van der Waals surface area contributed by atoms with Crippen LogP contribution in [0.15, 0.2) is 30.3 Å². The summed E-state index contributed by atoms with van der Waals surface area (Å²) in [5, 5.41) is 6.45. The van der Waals surface area contributed by atoms with E-state index in [-0.39, 0.29) is 5.75 Å². The van der Waals surface area contributed by atoms with Gasteiger partial charge in [0.1, 0.15) is 0 Å². The van der Waals surface area contributed by atoms with Crippen LogP contribution in [-0.2, 0) is 15.8 Å². The Labute approximate surface area is 115 Å². The first-order chi connectivity index (χ1) is 9.18. The maximum Gasteiger partial charge on any atom is 0.218 e. The van der Waals surface area contributed by atoms with Crippen LogP contribution in [0.2, 0.25) is 0 Å². The van der Waals surface area contributed by atoms with E-state index in [4.69, 9.17) is 0 Å². The minimum atomic E-state index is -3.24. The summed E-state index contributed by atoms with van der Waals surface area (Å²) in [7, 11) is -3.24. The second-order valence-electron chi connectivity index (χ2n) is 4.64. The fraction of sp³-hybridized carbons (Fsp3) is 0.538. The lowest BCUT2D eigenvalue weighted by Gasteiger charge is -2.21. The number of hydrogen-bond donors (Lipinski definition) is 2. The Morgan fingerprint density at radius 2 is 1.53 bits per heavy atom. The van der Waals surface area contributed by atoms with Gasteiger partial charge in [-0.25, -0.2) is 8.42 Å². The second-order valence-corrected chi connectivity index (χ2v) is 6.61. The average molecular weight is 283 g/mol. The molecule has 0 saturated carbocycles. The molecule has 0 atom stereocenters. The lowest BCUT2D eigenvalue weighted by molar-refractivity contribution is 0.413. The SMILES string of the molecule is O=S(=O)(Cc1ccccc1)N1CCNCCNCC1. The molecule has 1 aromatic carbocycles. The molecule has 1 heterocycles. The molecule has 0 spiro atoms. The van der Waals surface area contributed by atoms with Crippen molar-refractivity contribution in [2.75, 3.05) is 39.3 Å². The van der Waals surface area contributed by atoms with E-state index in [0.29, 0.717) is 26.2 Å². The zero-order chi connectivity index (χ0) is 13.6. The van der Waals surface area contributed by atoms with Crippen molar-refractivity contribution in [3.63, 3.8) is 0 Å². The lowest BCUT2D eigenvalue weighted by atomic mass is 10.2. The van der Waals surface area contributed by atoms with Crippen LogP contribution in [0.4, 0.5) is 0 Å². The minimum Gasteiger partial charge on any atom is -0.314 e. The third-order valence-corrected chi connectivity index (χ3v) is 4.99. The molecular formula is C13H21N3O2S. The Morgan fingerprint density at radius 1 is 0.947 bits per heavy atom. The normalized spacial score (nSPS) is 19.4. The van der Waals surface area contributed by atoms with Gasteiger partial charge in [0.25, 0.3) is 0 Å². The first-order valence-corrected chi connectivity index (χ1v) is 8.22. The van der Waals surface area contributed by atoms with Crippen LogP contribution >= 0.6 is 0 Å². The van der Waals surface area contributed by atoms with Crippen LogP contribution in [0.25, 0.3) is 0 Å². The minimum absolute atomic E-state index is 0.0772. The Kier molecular flexibility index (Phi) is 5.33. The highest BCUT2D eigenvalue weighted by Gasteiger charge is 2.22. The second kappa shape index (κ2) is 7.00. The topological polar surface area (TPSA) is 61.4 Å². The van der Waals surface area contributed by atoms with Crippen LogP contribution in [0.5, 0.6) is 0 Å². The van der Waals surface area contributed by atoms with E-state index in [1.807, 2.05) is 30.3 Å². The van der Waals surface area contributed by atoms with Crippen LogP contribution in [-0.4, -0.2) is 52.0 Å². The molecular weight excluding hydrogens is 262 g/mol. The standard InChI is InChI=1S/C13H21N3O2S/c17-19(18,12-13-4-2-1-3-5-13)16-10-8-14-6-7-15-9-11-16/h1-5,14-15H,6-12H2. The zero-order valence-electron chi connectivity index (χ0n) is 11.0. The van der Waals surface area contributed by atoms with Gasteiger partial charge in [0.2, 0.25) is 10.0 Å². The molecule has 1 aromatic rings. The van der Waals surface area contributed by atoms with E-state index in [9.17, 15) is 8.42 Å². The molecule has 0 radical (unpaired) electrons. The monoisotopic (exact) mass is 283 g/mol. The number of nitrogens with zero attached hydrogens (tertiary/aromatic N) is 1. The quantitative estimate of drug-likeness (QED) is 0.820. The molecule has 0 bridgehead atoms. The molecule has 6 heteroatoms. The van der Waals surface area contributed by atoms with Gasteiger partial charge in [0, 0.05) is 39.3 Å². The summed E-state index contributed by atoms with van der Waals surface area (Å²) < 4.78 is 26.4. The van der Waals surface area contributed by atoms with Crippen LogP contribution in [0.3, 0.4) is 0 Å². The van der Waals surface area contributed by atoms with E-state index >= 15 is 0 Å². The number of nitrogens with one attached hydrogen (secondary N) is 2. The molecule has 0 aliphatic carbocycles. The fourth-order valence-electron chi connectivity index (χ4n) is 2.10. The zero-order valence-corrected chi connectivity index (χ0v) is 11.8. The summed E-state index contributed by atoms with van der Waals surface area (Å²) >= 11 is 0. The molecule has 1 fully saturated rings. The maximum atomic E-state index is 12.4. The van der Waals surface area contributed by atoms with E-state index in [1.165, 1.54) is 0 Å². The Morgan fingerprint density at radius 3 is 2.11 bits per heavy atom. The predicted molar refractivity (Wildman–Crippen MR) is 76.4 cm³/mol. The van der Waals surface area contributed by atoms with Gasteiger partial charge in [-0.15, -0.1) is 0 Å². The van der Waals surface area contributed by atoms with Crippen molar-refractivity contribution >= 4 is 10.0 Å². The van der Waals surface area contributed by atoms with Gasteiger partial charge in [-0.2, -0.15) is 4.31 Å². The number of rotatable bonds is 3. The Balaban J connectivity index is 2.04. The molecule has 106 valence electrons. The third-order valence-electron chi connectivity index (χ3n) is 3.14. The van der Waals surface area contributed by atoms with Gasteiger partial charge in [-0.05, 0) is 5.56 Å². The lowest BCUT2D eigenvalue weighted by Crippen LogP contribution is -2.39. The molecule has 2 N–H and O–H groups in total. The third kappa shape index (κ3) is 4.58. The summed E-state index contributed by atoms with van der Waals surface area (Å²) in [6, 6.07) is 9.33.